The van der Waals surface area contributed by atoms with E-state index in [1.807, 2.05) is 30.3 Å². The van der Waals surface area contributed by atoms with E-state index < -0.39 is 12.1 Å². The van der Waals surface area contributed by atoms with Crippen molar-refractivity contribution in [2.24, 2.45) is 5.16 Å². The van der Waals surface area contributed by atoms with Crippen LogP contribution in [0.25, 0.3) is 0 Å². The summed E-state index contributed by atoms with van der Waals surface area (Å²) in [5.41, 5.74) is 1.67. The molecule has 6 heteroatoms. The van der Waals surface area contributed by atoms with E-state index in [4.69, 9.17) is 21.2 Å². The van der Waals surface area contributed by atoms with Crippen molar-refractivity contribution in [3.63, 3.8) is 0 Å². The molecule has 2 aromatic rings. The number of hydrogen-bond donors (Lipinski definition) is 0. The molecule has 2 aromatic carbocycles. The van der Waals surface area contributed by atoms with Crippen molar-refractivity contribution in [2.75, 3.05) is 0 Å². The Bertz CT molecular complexity index is 733. The molecule has 0 saturated heterocycles. The molecule has 0 amide bonds. The van der Waals surface area contributed by atoms with E-state index in [0.717, 1.165) is 11.3 Å². The molecule has 1 unspecified atom stereocenters. The first-order chi connectivity index (χ1) is 10.6. The van der Waals surface area contributed by atoms with Crippen LogP contribution in [0.5, 0.6) is 5.75 Å². The van der Waals surface area contributed by atoms with Crippen LogP contribution < -0.4 is 4.74 Å². The molecule has 0 radical (unpaired) electrons. The molecule has 0 aliphatic carbocycles. The van der Waals surface area contributed by atoms with Gasteiger partial charge < -0.3 is 9.57 Å². The number of oxime groups is 1. The second kappa shape index (κ2) is 6.50. The van der Waals surface area contributed by atoms with Gasteiger partial charge in [0.05, 0.1) is 10.2 Å². The Hall–Kier alpha value is -1.85. The first kappa shape index (κ1) is 15.1. The molecule has 4 nitrogen and oxygen atoms in total. The van der Waals surface area contributed by atoms with Crippen molar-refractivity contribution in [3.05, 3.63) is 63.6 Å². The SMILES string of the molecule is O=C(Oc1ccc(Cl)cc1Br)C1CC(c2ccccc2)=NO1. The highest BCUT2D eigenvalue weighted by molar-refractivity contribution is 9.10. The summed E-state index contributed by atoms with van der Waals surface area (Å²) >= 11 is 9.16. The van der Waals surface area contributed by atoms with Crippen LogP contribution in [0.3, 0.4) is 0 Å². The van der Waals surface area contributed by atoms with Crippen LogP contribution in [-0.2, 0) is 9.63 Å². The predicted octanol–water partition coefficient (Wildman–Crippen LogP) is 4.20. The lowest BCUT2D eigenvalue weighted by Crippen LogP contribution is -2.26. The van der Waals surface area contributed by atoms with Gasteiger partial charge in [-0.3, -0.25) is 0 Å². The lowest BCUT2D eigenvalue weighted by molar-refractivity contribution is -0.145. The topological polar surface area (TPSA) is 47.9 Å². The van der Waals surface area contributed by atoms with Gasteiger partial charge in [0.15, 0.2) is 0 Å². The summed E-state index contributed by atoms with van der Waals surface area (Å²) in [5, 5.41) is 4.52. The third kappa shape index (κ3) is 3.31. The van der Waals surface area contributed by atoms with E-state index in [2.05, 4.69) is 21.1 Å². The number of nitrogens with zero attached hydrogens (tertiary/aromatic N) is 1. The summed E-state index contributed by atoms with van der Waals surface area (Å²) in [4.78, 5) is 17.3. The minimum absolute atomic E-state index is 0.383. The number of esters is 1. The second-order valence-electron chi connectivity index (χ2n) is 4.70. The van der Waals surface area contributed by atoms with E-state index >= 15 is 0 Å². The Morgan fingerprint density at radius 3 is 2.77 bits per heavy atom. The zero-order valence-corrected chi connectivity index (χ0v) is 13.7. The average Bonchev–Trinajstić information content (AvgIpc) is 3.01. The molecule has 112 valence electrons. The van der Waals surface area contributed by atoms with Gasteiger partial charge in [0.1, 0.15) is 5.75 Å². The van der Waals surface area contributed by atoms with Gasteiger partial charge in [-0.2, -0.15) is 0 Å². The molecule has 0 bridgehead atoms. The normalized spacial score (nSPS) is 16.8. The van der Waals surface area contributed by atoms with Gasteiger partial charge in [0.25, 0.3) is 0 Å². The Morgan fingerprint density at radius 1 is 1.27 bits per heavy atom. The summed E-state index contributed by atoms with van der Waals surface area (Å²) in [7, 11) is 0. The van der Waals surface area contributed by atoms with Crippen LogP contribution >= 0.6 is 27.5 Å². The third-order valence-electron chi connectivity index (χ3n) is 3.14. The number of rotatable bonds is 3. The van der Waals surface area contributed by atoms with Gasteiger partial charge in [0, 0.05) is 11.4 Å². The number of hydrogen-bond acceptors (Lipinski definition) is 4. The molecule has 0 spiro atoms. The fraction of sp³-hybridized carbons (Fsp3) is 0.125. The number of halogens is 2. The molecule has 1 aliphatic heterocycles. The summed E-state index contributed by atoms with van der Waals surface area (Å²) in [6.07, 6.45) is -0.355. The molecule has 1 atom stereocenters. The lowest BCUT2D eigenvalue weighted by atomic mass is 10.1. The van der Waals surface area contributed by atoms with Gasteiger partial charge in [0.2, 0.25) is 6.10 Å². The second-order valence-corrected chi connectivity index (χ2v) is 5.99. The first-order valence-corrected chi connectivity index (χ1v) is 7.75. The van der Waals surface area contributed by atoms with Gasteiger partial charge in [-0.25, -0.2) is 4.79 Å². The number of benzene rings is 2. The monoisotopic (exact) mass is 379 g/mol. The minimum Gasteiger partial charge on any atom is -0.423 e. The fourth-order valence-corrected chi connectivity index (χ4v) is 2.80. The van der Waals surface area contributed by atoms with Crippen molar-refractivity contribution >= 4 is 39.2 Å². The maximum Gasteiger partial charge on any atom is 0.356 e. The van der Waals surface area contributed by atoms with E-state index in [0.29, 0.717) is 21.7 Å². The fourth-order valence-electron chi connectivity index (χ4n) is 2.04. The highest BCUT2D eigenvalue weighted by atomic mass is 79.9. The first-order valence-electron chi connectivity index (χ1n) is 6.58. The van der Waals surface area contributed by atoms with E-state index in [1.165, 1.54) is 0 Å². The molecule has 0 saturated carbocycles. The van der Waals surface area contributed by atoms with Crippen LogP contribution in [0.1, 0.15) is 12.0 Å². The summed E-state index contributed by atoms with van der Waals surface area (Å²) in [6.45, 7) is 0. The van der Waals surface area contributed by atoms with Crippen LogP contribution in [0.4, 0.5) is 0 Å². The highest BCUT2D eigenvalue weighted by Gasteiger charge is 2.31. The van der Waals surface area contributed by atoms with Gasteiger partial charge in [-0.05, 0) is 39.7 Å². The number of carbonyl (C=O) groups is 1. The maximum absolute atomic E-state index is 12.2. The molecule has 0 fully saturated rings. The van der Waals surface area contributed by atoms with Gasteiger partial charge in [-0.1, -0.05) is 47.1 Å². The van der Waals surface area contributed by atoms with Crippen LogP contribution in [0, 0.1) is 0 Å². The molecule has 1 aliphatic rings. The minimum atomic E-state index is -0.738. The Morgan fingerprint density at radius 2 is 2.05 bits per heavy atom. The zero-order valence-electron chi connectivity index (χ0n) is 11.3. The largest absolute Gasteiger partial charge is 0.423 e. The average molecular weight is 381 g/mol. The van der Waals surface area contributed by atoms with E-state index in [9.17, 15) is 4.79 Å². The van der Waals surface area contributed by atoms with E-state index in [1.54, 1.807) is 18.2 Å². The molecule has 0 N–H and O–H groups in total. The predicted molar refractivity (Wildman–Crippen MR) is 87.3 cm³/mol. The molecule has 22 heavy (non-hydrogen) atoms. The number of ether oxygens (including phenoxy) is 1. The van der Waals surface area contributed by atoms with E-state index in [-0.39, 0.29) is 0 Å². The molecule has 0 aromatic heterocycles. The highest BCUT2D eigenvalue weighted by Crippen LogP contribution is 2.29. The molecule has 3 rings (SSSR count). The van der Waals surface area contributed by atoms with Crippen LogP contribution in [0.2, 0.25) is 5.02 Å². The van der Waals surface area contributed by atoms with Gasteiger partial charge >= 0.3 is 5.97 Å². The summed E-state index contributed by atoms with van der Waals surface area (Å²) in [6, 6.07) is 14.5. The zero-order chi connectivity index (χ0) is 15.5. The molecule has 1 heterocycles. The van der Waals surface area contributed by atoms with Crippen molar-refractivity contribution in [1.29, 1.82) is 0 Å². The van der Waals surface area contributed by atoms with Crippen molar-refractivity contribution in [2.45, 2.75) is 12.5 Å². The quantitative estimate of drug-likeness (QED) is 0.592. The third-order valence-corrected chi connectivity index (χ3v) is 4.00. The van der Waals surface area contributed by atoms with Crippen molar-refractivity contribution in [1.82, 2.24) is 0 Å². The maximum atomic E-state index is 12.2. The van der Waals surface area contributed by atoms with Gasteiger partial charge in [-0.15, -0.1) is 0 Å². The lowest BCUT2D eigenvalue weighted by Gasteiger charge is -2.10. The van der Waals surface area contributed by atoms with Crippen molar-refractivity contribution in [3.8, 4) is 5.75 Å². The molecular weight excluding hydrogens is 370 g/mol. The smallest absolute Gasteiger partial charge is 0.356 e. The Balaban J connectivity index is 1.65. The summed E-state index contributed by atoms with van der Waals surface area (Å²) in [5.74, 6) is -0.0936. The van der Waals surface area contributed by atoms with Crippen molar-refractivity contribution < 1.29 is 14.4 Å². The number of carbonyl (C=O) groups excluding carboxylic acids is 1. The molecular formula is C16H11BrClNO3. The van der Waals surface area contributed by atoms with Crippen LogP contribution in [-0.4, -0.2) is 17.8 Å². The Labute approximate surface area is 140 Å². The van der Waals surface area contributed by atoms with Crippen LogP contribution in [0.15, 0.2) is 58.2 Å². The Kier molecular flexibility index (Phi) is 4.45. The standard InChI is InChI=1S/C16H11BrClNO3/c17-12-8-11(18)6-7-14(12)21-16(20)15-9-13(19-22-15)10-4-2-1-3-5-10/h1-8,15H,9H2. The summed E-state index contributed by atoms with van der Waals surface area (Å²) < 4.78 is 5.93.